The number of nitrogens with one attached hydrogen (secondary N) is 2. The van der Waals surface area contributed by atoms with E-state index in [1.807, 2.05) is 0 Å². The van der Waals surface area contributed by atoms with Gasteiger partial charge in [-0.15, -0.1) is 0 Å². The summed E-state index contributed by atoms with van der Waals surface area (Å²) in [4.78, 5) is 4.13. The lowest BCUT2D eigenvalue weighted by Gasteiger charge is -2.23. The highest BCUT2D eigenvalue weighted by Gasteiger charge is 2.34. The molecule has 114 valence electrons. The summed E-state index contributed by atoms with van der Waals surface area (Å²) >= 11 is 0. The maximum Gasteiger partial charge on any atom is 0.435 e. The first-order chi connectivity index (χ1) is 10.0. The van der Waals surface area contributed by atoms with Gasteiger partial charge in [-0.05, 0) is 31.8 Å². The summed E-state index contributed by atoms with van der Waals surface area (Å²) in [6.07, 6.45) is 0.640. The normalized spacial score (nSPS) is 19.9. The van der Waals surface area contributed by atoms with Gasteiger partial charge in [-0.25, -0.2) is 9.50 Å². The van der Waals surface area contributed by atoms with Crippen molar-refractivity contribution in [3.8, 4) is 0 Å². The lowest BCUT2D eigenvalue weighted by atomic mass is 10.00. The first-order valence-electron chi connectivity index (χ1n) is 6.90. The molecule has 3 heterocycles. The molecule has 21 heavy (non-hydrogen) atoms. The van der Waals surface area contributed by atoms with Gasteiger partial charge >= 0.3 is 6.18 Å². The van der Waals surface area contributed by atoms with E-state index >= 15 is 0 Å². The summed E-state index contributed by atoms with van der Waals surface area (Å²) < 4.78 is 39.3. The Morgan fingerprint density at radius 1 is 1.43 bits per heavy atom. The van der Waals surface area contributed by atoms with Crippen molar-refractivity contribution in [1.29, 1.82) is 0 Å². The van der Waals surface area contributed by atoms with Gasteiger partial charge in [0.2, 0.25) is 0 Å². The number of piperidine rings is 1. The Balaban J connectivity index is 1.79. The van der Waals surface area contributed by atoms with Crippen LogP contribution in [-0.2, 0) is 6.18 Å². The highest BCUT2D eigenvalue weighted by atomic mass is 19.4. The lowest BCUT2D eigenvalue weighted by molar-refractivity contribution is -0.141. The Kier molecular flexibility index (Phi) is 3.71. The number of hydrogen-bond donors (Lipinski definition) is 2. The van der Waals surface area contributed by atoms with Gasteiger partial charge in [0.05, 0.1) is 0 Å². The zero-order valence-corrected chi connectivity index (χ0v) is 11.3. The second kappa shape index (κ2) is 5.51. The molecule has 2 aromatic rings. The van der Waals surface area contributed by atoms with Crippen molar-refractivity contribution in [3.05, 3.63) is 24.2 Å². The second-order valence-electron chi connectivity index (χ2n) is 5.23. The molecule has 1 atom stereocenters. The van der Waals surface area contributed by atoms with Crippen molar-refractivity contribution in [2.45, 2.75) is 19.0 Å². The molecule has 0 saturated carbocycles. The Morgan fingerprint density at radius 3 is 3.00 bits per heavy atom. The van der Waals surface area contributed by atoms with Crippen molar-refractivity contribution in [2.24, 2.45) is 5.92 Å². The first-order valence-corrected chi connectivity index (χ1v) is 6.90. The molecule has 1 unspecified atom stereocenters. The standard InChI is InChI=1S/C13H16F3N5/c14-13(15,16)11-6-10-12(18-4-5-21(10)20-11)19-8-9-2-1-3-17-7-9/h4-6,9,17H,1-3,7-8H2,(H,18,19). The van der Waals surface area contributed by atoms with Crippen molar-refractivity contribution >= 4 is 11.3 Å². The van der Waals surface area contributed by atoms with Crippen LogP contribution in [0, 0.1) is 5.92 Å². The van der Waals surface area contributed by atoms with Crippen LogP contribution < -0.4 is 10.6 Å². The van der Waals surface area contributed by atoms with Crippen molar-refractivity contribution in [2.75, 3.05) is 25.0 Å². The van der Waals surface area contributed by atoms with E-state index in [9.17, 15) is 13.2 Å². The monoisotopic (exact) mass is 299 g/mol. The summed E-state index contributed by atoms with van der Waals surface area (Å²) in [5.41, 5.74) is -0.563. The Bertz CT molecular complexity index is 616. The number of halogens is 3. The van der Waals surface area contributed by atoms with E-state index in [-0.39, 0.29) is 0 Å². The summed E-state index contributed by atoms with van der Waals surface area (Å²) in [5, 5.41) is 9.99. The predicted molar refractivity (Wildman–Crippen MR) is 72.1 cm³/mol. The molecule has 0 radical (unpaired) electrons. The minimum absolute atomic E-state index is 0.341. The van der Waals surface area contributed by atoms with E-state index < -0.39 is 11.9 Å². The molecule has 2 N–H and O–H groups in total. The van der Waals surface area contributed by atoms with Crippen LogP contribution in [0.4, 0.5) is 19.0 Å². The Hall–Kier alpha value is -1.83. The molecular formula is C13H16F3N5. The second-order valence-corrected chi connectivity index (χ2v) is 5.23. The van der Waals surface area contributed by atoms with Gasteiger partial charge < -0.3 is 10.6 Å². The summed E-state index contributed by atoms with van der Waals surface area (Å²) in [7, 11) is 0. The number of nitrogens with zero attached hydrogens (tertiary/aromatic N) is 3. The van der Waals surface area contributed by atoms with Crippen molar-refractivity contribution < 1.29 is 13.2 Å². The van der Waals surface area contributed by atoms with Crippen LogP contribution >= 0.6 is 0 Å². The van der Waals surface area contributed by atoms with Crippen molar-refractivity contribution in [1.82, 2.24) is 19.9 Å². The molecule has 1 fully saturated rings. The molecule has 8 heteroatoms. The van der Waals surface area contributed by atoms with Crippen LogP contribution in [0.5, 0.6) is 0 Å². The molecule has 0 amide bonds. The molecule has 2 aromatic heterocycles. The zero-order chi connectivity index (χ0) is 14.9. The molecule has 0 aromatic carbocycles. The smallest absolute Gasteiger partial charge is 0.368 e. The molecular weight excluding hydrogens is 283 g/mol. The van der Waals surface area contributed by atoms with Gasteiger partial charge in [0, 0.05) is 25.0 Å². The number of fused-ring (bicyclic) bond motifs is 1. The largest absolute Gasteiger partial charge is 0.435 e. The number of alkyl halides is 3. The highest BCUT2D eigenvalue weighted by molar-refractivity contribution is 5.67. The van der Waals surface area contributed by atoms with Gasteiger partial charge in [0.25, 0.3) is 0 Å². The van der Waals surface area contributed by atoms with Gasteiger partial charge in [-0.1, -0.05) is 0 Å². The third-order valence-corrected chi connectivity index (χ3v) is 3.64. The third-order valence-electron chi connectivity index (χ3n) is 3.64. The molecule has 3 rings (SSSR count). The fourth-order valence-corrected chi connectivity index (χ4v) is 2.54. The maximum atomic E-state index is 12.7. The van der Waals surface area contributed by atoms with Gasteiger partial charge in [-0.3, -0.25) is 0 Å². The topological polar surface area (TPSA) is 54.2 Å². The number of anilines is 1. The van der Waals surface area contributed by atoms with Crippen LogP contribution in [0.15, 0.2) is 18.5 Å². The molecule has 0 bridgehead atoms. The molecule has 1 saturated heterocycles. The predicted octanol–water partition coefficient (Wildman–Crippen LogP) is 2.16. The van der Waals surface area contributed by atoms with Crippen molar-refractivity contribution in [3.63, 3.8) is 0 Å². The van der Waals surface area contributed by atoms with Crippen LogP contribution in [0.2, 0.25) is 0 Å². The molecule has 1 aliphatic rings. The fourth-order valence-electron chi connectivity index (χ4n) is 2.54. The number of hydrogen-bond acceptors (Lipinski definition) is 4. The van der Waals surface area contributed by atoms with E-state index in [0.29, 0.717) is 23.8 Å². The molecule has 0 spiro atoms. The van der Waals surface area contributed by atoms with E-state index in [4.69, 9.17) is 0 Å². The summed E-state index contributed by atoms with van der Waals surface area (Å²) in [6.45, 7) is 2.64. The van der Waals surface area contributed by atoms with E-state index in [1.54, 1.807) is 0 Å². The maximum absolute atomic E-state index is 12.7. The minimum Gasteiger partial charge on any atom is -0.368 e. The van der Waals surface area contributed by atoms with Gasteiger partial charge in [0.1, 0.15) is 5.52 Å². The van der Waals surface area contributed by atoms with E-state index in [2.05, 4.69) is 20.7 Å². The average molecular weight is 299 g/mol. The van der Waals surface area contributed by atoms with E-state index in [0.717, 1.165) is 32.0 Å². The number of rotatable bonds is 3. The summed E-state index contributed by atoms with van der Waals surface area (Å²) in [6, 6.07) is 1.02. The van der Waals surface area contributed by atoms with Gasteiger partial charge in [0.15, 0.2) is 11.5 Å². The molecule has 1 aliphatic heterocycles. The zero-order valence-electron chi connectivity index (χ0n) is 11.3. The third kappa shape index (κ3) is 3.10. The van der Waals surface area contributed by atoms with E-state index in [1.165, 1.54) is 16.9 Å². The van der Waals surface area contributed by atoms with Crippen LogP contribution in [0.3, 0.4) is 0 Å². The van der Waals surface area contributed by atoms with Crippen LogP contribution in [-0.4, -0.2) is 34.2 Å². The van der Waals surface area contributed by atoms with Crippen LogP contribution in [0.1, 0.15) is 18.5 Å². The SMILES string of the molecule is FC(F)(F)c1cc2c(NCC3CCCNC3)nccn2n1. The summed E-state index contributed by atoms with van der Waals surface area (Å²) in [5.74, 6) is 0.900. The quantitative estimate of drug-likeness (QED) is 0.912. The lowest BCUT2D eigenvalue weighted by Crippen LogP contribution is -2.33. The highest BCUT2D eigenvalue weighted by Crippen LogP contribution is 2.30. The first kappa shape index (κ1) is 14.1. The average Bonchev–Trinajstić information content (AvgIpc) is 2.91. The Morgan fingerprint density at radius 2 is 2.29 bits per heavy atom. The number of aromatic nitrogens is 3. The Labute approximate surface area is 119 Å². The molecule has 5 nitrogen and oxygen atoms in total. The van der Waals surface area contributed by atoms with Crippen LogP contribution in [0.25, 0.3) is 5.52 Å². The minimum atomic E-state index is -4.45. The molecule has 0 aliphatic carbocycles. The van der Waals surface area contributed by atoms with Gasteiger partial charge in [-0.2, -0.15) is 18.3 Å². The fraction of sp³-hybridized carbons (Fsp3) is 0.538.